The standard InChI is InChI=1S/C36H60O27.2H2O/c1-9-27-19(44)23(48)33(52-9)62-29-17(7-40)57-34(24(49)20(29)45)54-13-3-11(43)32(56-15(13)5-38)61-28-16(6-39)59-36(26(51)22(28)47)63-30-18(8-41)58-35(25(50)21(30)46)53-12-2-10(42)31(60-27)55-14(12)4-37;;/h9-51H,2-8H2,1H3;2*1H2/t9?,10?,11?,12-,13-,14?,15?,16?,17?,18?,19+,20+,21+,22+,23?,24?,25?,26?,27+,28+,29+,30+,31+,32+,33+,34-,35-,36+;;/m0../s1. The molecule has 0 spiro atoms. The van der Waals surface area contributed by atoms with E-state index in [0.717, 1.165) is 0 Å². The van der Waals surface area contributed by atoms with Crippen LogP contribution in [-0.2, 0) is 56.8 Å². The third kappa shape index (κ3) is 11.1. The Bertz CT molecular complexity index is 1440. The Kier molecular flexibility index (Phi) is 19.5. The van der Waals surface area contributed by atoms with Gasteiger partial charge in [-0.05, 0) is 6.92 Å². The molecule has 29 heteroatoms. The van der Waals surface area contributed by atoms with E-state index in [9.17, 15) is 76.6 Å². The largest absolute Gasteiger partial charge is 0.412 e. The molecule has 0 aromatic rings. The summed E-state index contributed by atoms with van der Waals surface area (Å²) < 4.78 is 69.3. The third-order valence-corrected chi connectivity index (χ3v) is 12.4. The molecule has 0 saturated carbocycles. The van der Waals surface area contributed by atoms with Crippen molar-refractivity contribution in [3.05, 3.63) is 0 Å². The minimum absolute atomic E-state index is 0. The second-order valence-corrected chi connectivity index (χ2v) is 16.6. The van der Waals surface area contributed by atoms with Gasteiger partial charge >= 0.3 is 0 Å². The minimum Gasteiger partial charge on any atom is -0.412 e. The Morgan fingerprint density at radius 3 is 0.908 bits per heavy atom. The monoisotopic (exact) mass is 960 g/mol. The quantitative estimate of drug-likeness (QED) is 0.122. The topological polar surface area (TPSA) is 477 Å². The van der Waals surface area contributed by atoms with Crippen LogP contribution < -0.4 is 0 Å². The summed E-state index contributed by atoms with van der Waals surface area (Å²) in [7, 11) is 0. The molecule has 12 unspecified atom stereocenters. The average molecular weight is 961 g/mol. The molecule has 29 nitrogen and oxygen atoms in total. The SMILES string of the molecule is CC1O[C@@H]2O[C@@H]3C(CO)O[C@H](O[C@H]4CC(O)[C@H](OC4CO)O[C@@H]4C(CO)O[C@H](O[C@@H]5C(CO)O[C@H](O[C@H]6CC(O)[C@H](OC6CO)O[C@H]1[C@H](O)C2O)C(O)[C@H]5O)C(O)[C@H]4O)C(O)[C@H]3O.O.O. The smallest absolute Gasteiger partial charge is 0.187 e. The molecule has 22 rings (SSSR count). The number of hydrogen-bond donors (Lipinski definition) is 15. The number of aliphatic hydroxyl groups excluding tert-OH is 15. The van der Waals surface area contributed by atoms with Crippen molar-refractivity contribution < 1.29 is 144 Å². The van der Waals surface area contributed by atoms with Gasteiger partial charge in [-0.15, -0.1) is 0 Å². The first-order valence-electron chi connectivity index (χ1n) is 20.7. The zero-order valence-corrected chi connectivity index (χ0v) is 34.7. The highest BCUT2D eigenvalue weighted by molar-refractivity contribution is 4.98. The number of aliphatic hydroxyl groups is 15. The van der Waals surface area contributed by atoms with Crippen molar-refractivity contribution in [3.63, 3.8) is 0 Å². The van der Waals surface area contributed by atoms with Crippen molar-refractivity contribution in [2.75, 3.05) is 33.0 Å². The Morgan fingerprint density at radius 1 is 0.308 bits per heavy atom. The summed E-state index contributed by atoms with van der Waals surface area (Å²) >= 11 is 0. The summed E-state index contributed by atoms with van der Waals surface area (Å²) in [4.78, 5) is 0. The van der Waals surface area contributed by atoms with Gasteiger partial charge in [-0.2, -0.15) is 0 Å². The fourth-order valence-corrected chi connectivity index (χ4v) is 8.83. The maximum absolute atomic E-state index is 11.2. The first-order chi connectivity index (χ1) is 30.0. The van der Waals surface area contributed by atoms with Crippen LogP contribution in [0.4, 0.5) is 0 Å². The molecule has 0 radical (unpaired) electrons. The third-order valence-electron chi connectivity index (χ3n) is 12.4. The Morgan fingerprint density at radius 2 is 0.569 bits per heavy atom. The first kappa shape index (κ1) is 54.8. The molecule has 22 saturated heterocycles. The van der Waals surface area contributed by atoms with Gasteiger partial charge in [-0.1, -0.05) is 0 Å². The van der Waals surface area contributed by atoms with Crippen molar-refractivity contribution in [1.82, 2.24) is 0 Å². The van der Waals surface area contributed by atoms with Gasteiger partial charge in [0.15, 0.2) is 37.7 Å². The molecule has 22 aliphatic rings. The van der Waals surface area contributed by atoms with E-state index in [1.54, 1.807) is 0 Å². The van der Waals surface area contributed by atoms with Crippen LogP contribution in [0.2, 0.25) is 0 Å². The second kappa shape index (κ2) is 23.2. The molecular formula is C36H64O29. The van der Waals surface area contributed by atoms with Crippen molar-refractivity contribution in [2.45, 2.75) is 192 Å². The van der Waals surface area contributed by atoms with Gasteiger partial charge in [-0.3, -0.25) is 0 Å². The summed E-state index contributed by atoms with van der Waals surface area (Å²) in [5.41, 5.74) is 0. The molecule has 12 bridgehead atoms. The number of hydrogen-bond acceptors (Lipinski definition) is 27. The van der Waals surface area contributed by atoms with Crippen LogP contribution in [0.15, 0.2) is 0 Å². The van der Waals surface area contributed by atoms with Crippen LogP contribution in [0.1, 0.15) is 19.8 Å². The highest BCUT2D eigenvalue weighted by atomic mass is 16.8. The summed E-state index contributed by atoms with van der Waals surface area (Å²) in [6.07, 6.45) is -47.4. The van der Waals surface area contributed by atoms with Gasteiger partial charge in [0.1, 0.15) is 116 Å². The van der Waals surface area contributed by atoms with Gasteiger partial charge < -0.3 is 144 Å². The van der Waals surface area contributed by atoms with E-state index in [1.165, 1.54) is 6.92 Å². The number of ether oxygens (including phenoxy) is 12. The lowest BCUT2D eigenvalue weighted by Gasteiger charge is -2.49. The highest BCUT2D eigenvalue weighted by Gasteiger charge is 2.56. The average Bonchev–Trinajstić information content (AvgIpc) is 3.26. The van der Waals surface area contributed by atoms with Crippen molar-refractivity contribution in [3.8, 4) is 0 Å². The van der Waals surface area contributed by atoms with Crippen LogP contribution in [0, 0.1) is 0 Å². The van der Waals surface area contributed by atoms with Crippen molar-refractivity contribution in [2.24, 2.45) is 0 Å². The summed E-state index contributed by atoms with van der Waals surface area (Å²) in [5.74, 6) is 0. The van der Waals surface area contributed by atoms with Gasteiger partial charge in [-0.25, -0.2) is 0 Å². The molecule has 22 heterocycles. The Hall–Kier alpha value is -1.16. The molecule has 28 atom stereocenters. The second-order valence-electron chi connectivity index (χ2n) is 16.6. The van der Waals surface area contributed by atoms with E-state index >= 15 is 0 Å². The zero-order valence-electron chi connectivity index (χ0n) is 34.7. The van der Waals surface area contributed by atoms with E-state index in [1.807, 2.05) is 0 Å². The summed E-state index contributed by atoms with van der Waals surface area (Å²) in [5, 5.41) is 163. The molecule has 0 aromatic carbocycles. The van der Waals surface area contributed by atoms with Gasteiger partial charge in [0.2, 0.25) is 0 Å². The Labute approximate surface area is 369 Å². The molecule has 65 heavy (non-hydrogen) atoms. The predicted octanol–water partition coefficient (Wildman–Crippen LogP) is -11.6. The lowest BCUT2D eigenvalue weighted by molar-refractivity contribution is -0.394. The van der Waals surface area contributed by atoms with Crippen molar-refractivity contribution >= 4 is 0 Å². The molecule has 19 N–H and O–H groups in total. The maximum atomic E-state index is 11.2. The van der Waals surface area contributed by atoms with Gasteiger partial charge in [0.25, 0.3) is 0 Å². The van der Waals surface area contributed by atoms with E-state index in [-0.39, 0.29) is 17.4 Å². The fraction of sp³-hybridized carbons (Fsp3) is 1.00. The summed E-state index contributed by atoms with van der Waals surface area (Å²) in [6.45, 7) is -2.80. The van der Waals surface area contributed by atoms with Crippen molar-refractivity contribution in [1.29, 1.82) is 0 Å². The van der Waals surface area contributed by atoms with Crippen LogP contribution in [0.25, 0.3) is 0 Å². The molecule has 0 aromatic heterocycles. The van der Waals surface area contributed by atoms with E-state index < -0.39 is 211 Å². The van der Waals surface area contributed by atoms with Crippen LogP contribution >= 0.6 is 0 Å². The zero-order chi connectivity index (χ0) is 45.6. The highest BCUT2D eigenvalue weighted by Crippen LogP contribution is 2.37. The molecule has 0 amide bonds. The van der Waals surface area contributed by atoms with Gasteiger partial charge in [0, 0.05) is 12.8 Å². The molecular weight excluding hydrogens is 896 g/mol. The first-order valence-corrected chi connectivity index (χ1v) is 20.7. The fourth-order valence-electron chi connectivity index (χ4n) is 8.83. The lowest BCUT2D eigenvalue weighted by atomic mass is 9.95. The molecule has 382 valence electrons. The molecule has 22 fully saturated rings. The van der Waals surface area contributed by atoms with E-state index in [4.69, 9.17) is 56.8 Å². The minimum atomic E-state index is -2.03. The molecule has 22 aliphatic heterocycles. The van der Waals surface area contributed by atoms with Crippen LogP contribution in [0.3, 0.4) is 0 Å². The normalized spacial score (nSPS) is 53.4. The Balaban J connectivity index is 0.00000397. The van der Waals surface area contributed by atoms with Crippen LogP contribution in [0.5, 0.6) is 0 Å². The van der Waals surface area contributed by atoms with E-state index in [2.05, 4.69) is 0 Å². The lowest BCUT2D eigenvalue weighted by Crippen LogP contribution is -2.67. The maximum Gasteiger partial charge on any atom is 0.187 e. The predicted molar refractivity (Wildman–Crippen MR) is 199 cm³/mol. The molecule has 0 aliphatic carbocycles. The number of rotatable bonds is 5. The van der Waals surface area contributed by atoms with Gasteiger partial charge in [0.05, 0.1) is 51.3 Å². The summed E-state index contributed by atoms with van der Waals surface area (Å²) in [6, 6.07) is 0. The van der Waals surface area contributed by atoms with E-state index in [0.29, 0.717) is 0 Å². The van der Waals surface area contributed by atoms with Crippen LogP contribution in [-0.4, -0.2) is 293 Å².